The molecule has 0 heterocycles. The van der Waals surface area contributed by atoms with Crippen molar-refractivity contribution in [2.75, 3.05) is 0 Å². The van der Waals surface area contributed by atoms with E-state index < -0.39 is 0 Å². The van der Waals surface area contributed by atoms with Crippen molar-refractivity contribution in [1.82, 2.24) is 0 Å². The van der Waals surface area contributed by atoms with Crippen LogP contribution in [0, 0.1) is 0 Å². The van der Waals surface area contributed by atoms with Gasteiger partial charge in [-0.05, 0) is 141 Å². The Bertz CT molecular complexity index is 1500. The van der Waals surface area contributed by atoms with Gasteiger partial charge in [-0.2, -0.15) is 0 Å². The molecule has 0 saturated carbocycles. The highest BCUT2D eigenvalue weighted by Gasteiger charge is 2.25. The number of rotatable bonds is 6. The number of aryl methyl sites for hydroxylation is 2. The van der Waals surface area contributed by atoms with Crippen LogP contribution in [0.4, 0.5) is 0 Å². The maximum Gasteiger partial charge on any atom is -0.00699 e. The zero-order valence-electron chi connectivity index (χ0n) is 23.6. The van der Waals surface area contributed by atoms with Gasteiger partial charge in [0.15, 0.2) is 0 Å². The van der Waals surface area contributed by atoms with Crippen LogP contribution in [0.2, 0.25) is 0 Å². The number of benzene rings is 5. The van der Waals surface area contributed by atoms with E-state index in [0.717, 1.165) is 25.7 Å². The highest BCUT2D eigenvalue weighted by atomic mass is 14.3. The average Bonchev–Trinajstić information content (AvgIpc) is 2.98. The summed E-state index contributed by atoms with van der Waals surface area (Å²) in [5, 5.41) is 5.84. The molecule has 5 aromatic carbocycles. The lowest BCUT2D eigenvalue weighted by atomic mass is 9.76. The molecule has 0 heteroatoms. The first-order chi connectivity index (χ1) is 18.7. The van der Waals surface area contributed by atoms with Crippen molar-refractivity contribution < 1.29 is 0 Å². The van der Waals surface area contributed by atoms with Gasteiger partial charge >= 0.3 is 0 Å². The highest BCUT2D eigenvalue weighted by molar-refractivity contribution is 6.14. The summed E-state index contributed by atoms with van der Waals surface area (Å²) in [6.07, 6.45) is 9.28. The topological polar surface area (TPSA) is 0 Å². The molecule has 0 radical (unpaired) electrons. The fraction of sp³-hybridized carbons (Fsp3) is 0.316. The molecular weight excluding hydrogens is 456 g/mol. The molecule has 1 aliphatic rings. The SMILES string of the molecule is CCc1c(CC)c(CC)c2cc3c(-c4ccccc4)c4c(c(-c5ccccc5)c3cc2c1CC)CCCC4. The van der Waals surface area contributed by atoms with Crippen molar-refractivity contribution in [2.45, 2.75) is 79.1 Å². The molecule has 0 N–H and O–H groups in total. The highest BCUT2D eigenvalue weighted by Crippen LogP contribution is 2.47. The molecule has 0 fully saturated rings. The second-order valence-electron chi connectivity index (χ2n) is 10.9. The molecule has 1 aliphatic carbocycles. The van der Waals surface area contributed by atoms with Gasteiger partial charge in [0.2, 0.25) is 0 Å². The van der Waals surface area contributed by atoms with Crippen molar-refractivity contribution in [3.8, 4) is 22.3 Å². The van der Waals surface area contributed by atoms with E-state index in [-0.39, 0.29) is 0 Å². The summed E-state index contributed by atoms with van der Waals surface area (Å²) >= 11 is 0. The Morgan fingerprint density at radius 1 is 0.447 bits per heavy atom. The standard InChI is InChI=1S/C38H40/c1-5-27-28(6-2)30(8-4)34-24-36-35(23-33(34)29(27)7-3)37(25-17-11-9-12-18-25)31-21-15-16-22-32(31)38(36)26-19-13-10-14-20-26/h9-14,17-20,23-24H,5-8,15-16,21-22H2,1-4H3. The minimum absolute atomic E-state index is 1.08. The van der Waals surface area contributed by atoms with Crippen molar-refractivity contribution in [1.29, 1.82) is 0 Å². The molecular formula is C38H40. The maximum absolute atomic E-state index is 2.60. The molecule has 0 amide bonds. The number of hydrogen-bond acceptors (Lipinski definition) is 0. The Labute approximate surface area is 228 Å². The Morgan fingerprint density at radius 2 is 0.816 bits per heavy atom. The molecule has 0 unspecified atom stereocenters. The predicted octanol–water partition coefficient (Wildman–Crippen LogP) is 10.5. The first-order valence-corrected chi connectivity index (χ1v) is 14.9. The molecule has 5 aromatic rings. The summed E-state index contributed by atoms with van der Waals surface area (Å²) in [6, 6.07) is 27.6. The Hall–Kier alpha value is -3.38. The fourth-order valence-corrected chi connectivity index (χ4v) is 7.51. The van der Waals surface area contributed by atoms with Crippen molar-refractivity contribution in [3.05, 3.63) is 106 Å². The lowest BCUT2D eigenvalue weighted by Gasteiger charge is -2.28. The molecule has 0 saturated heterocycles. The molecule has 0 aliphatic heterocycles. The van der Waals surface area contributed by atoms with E-state index in [4.69, 9.17) is 0 Å². The number of fused-ring (bicyclic) bond motifs is 3. The van der Waals surface area contributed by atoms with Crippen LogP contribution in [0.5, 0.6) is 0 Å². The van der Waals surface area contributed by atoms with Crippen LogP contribution >= 0.6 is 0 Å². The summed E-state index contributed by atoms with van der Waals surface area (Å²) in [5.74, 6) is 0. The third-order valence-corrected chi connectivity index (χ3v) is 9.05. The Balaban J connectivity index is 1.88. The van der Waals surface area contributed by atoms with Gasteiger partial charge in [0.1, 0.15) is 0 Å². The Kier molecular flexibility index (Phi) is 6.83. The molecule has 0 aromatic heterocycles. The van der Waals surface area contributed by atoms with Crippen LogP contribution < -0.4 is 0 Å². The molecule has 6 rings (SSSR count). The van der Waals surface area contributed by atoms with Gasteiger partial charge in [0.05, 0.1) is 0 Å². The van der Waals surface area contributed by atoms with Crippen molar-refractivity contribution in [2.24, 2.45) is 0 Å². The van der Waals surface area contributed by atoms with Crippen LogP contribution in [-0.2, 0) is 38.5 Å². The molecule has 192 valence electrons. The van der Waals surface area contributed by atoms with Crippen molar-refractivity contribution in [3.63, 3.8) is 0 Å². The van der Waals surface area contributed by atoms with Crippen LogP contribution in [-0.4, -0.2) is 0 Å². The number of hydrogen-bond donors (Lipinski definition) is 0. The molecule has 0 atom stereocenters. The van der Waals surface area contributed by atoms with Gasteiger partial charge in [-0.25, -0.2) is 0 Å². The molecule has 38 heavy (non-hydrogen) atoms. The van der Waals surface area contributed by atoms with E-state index in [1.165, 1.54) is 69.5 Å². The molecule has 0 nitrogen and oxygen atoms in total. The van der Waals surface area contributed by atoms with Crippen molar-refractivity contribution >= 4 is 21.5 Å². The largest absolute Gasteiger partial charge is 0.0622 e. The van der Waals surface area contributed by atoms with Gasteiger partial charge < -0.3 is 0 Å². The molecule has 0 spiro atoms. The third kappa shape index (κ3) is 3.89. The van der Waals surface area contributed by atoms with Crippen LogP contribution in [0.25, 0.3) is 43.8 Å². The van der Waals surface area contributed by atoms with E-state index in [1.807, 2.05) is 0 Å². The first-order valence-electron chi connectivity index (χ1n) is 14.9. The monoisotopic (exact) mass is 496 g/mol. The van der Waals surface area contributed by atoms with Crippen LogP contribution in [0.15, 0.2) is 72.8 Å². The first kappa shape index (κ1) is 24.9. The van der Waals surface area contributed by atoms with Crippen LogP contribution in [0.1, 0.15) is 73.9 Å². The maximum atomic E-state index is 2.60. The second-order valence-corrected chi connectivity index (χ2v) is 10.9. The normalized spacial score (nSPS) is 13.3. The summed E-state index contributed by atoms with van der Waals surface area (Å²) in [7, 11) is 0. The van der Waals surface area contributed by atoms with E-state index in [9.17, 15) is 0 Å². The quantitative estimate of drug-likeness (QED) is 0.205. The Morgan fingerprint density at radius 3 is 1.16 bits per heavy atom. The summed E-state index contributed by atoms with van der Waals surface area (Å²) < 4.78 is 0. The molecule has 0 bridgehead atoms. The minimum atomic E-state index is 1.08. The summed E-state index contributed by atoms with van der Waals surface area (Å²) in [5.41, 5.74) is 15.2. The smallest absolute Gasteiger partial charge is 0.00699 e. The van der Waals surface area contributed by atoms with E-state index in [1.54, 1.807) is 33.4 Å². The summed E-state index contributed by atoms with van der Waals surface area (Å²) in [4.78, 5) is 0. The minimum Gasteiger partial charge on any atom is -0.0622 e. The summed E-state index contributed by atoms with van der Waals surface area (Å²) in [6.45, 7) is 9.39. The van der Waals surface area contributed by atoms with E-state index >= 15 is 0 Å². The second kappa shape index (κ2) is 10.4. The van der Waals surface area contributed by atoms with E-state index in [2.05, 4.69) is 100 Å². The van der Waals surface area contributed by atoms with E-state index in [0.29, 0.717) is 0 Å². The lowest BCUT2D eigenvalue weighted by molar-refractivity contribution is 0.689. The van der Waals surface area contributed by atoms with Gasteiger partial charge in [-0.15, -0.1) is 0 Å². The lowest BCUT2D eigenvalue weighted by Crippen LogP contribution is -2.09. The average molecular weight is 497 g/mol. The van der Waals surface area contributed by atoms with Gasteiger partial charge in [-0.3, -0.25) is 0 Å². The van der Waals surface area contributed by atoms with Gasteiger partial charge in [-0.1, -0.05) is 88.4 Å². The van der Waals surface area contributed by atoms with Crippen LogP contribution in [0.3, 0.4) is 0 Å². The van der Waals surface area contributed by atoms with Gasteiger partial charge in [0, 0.05) is 0 Å². The zero-order chi connectivity index (χ0) is 26.2. The third-order valence-electron chi connectivity index (χ3n) is 9.05. The van der Waals surface area contributed by atoms with Gasteiger partial charge in [0.25, 0.3) is 0 Å². The predicted molar refractivity (Wildman–Crippen MR) is 166 cm³/mol. The fourth-order valence-electron chi connectivity index (χ4n) is 7.51. The zero-order valence-corrected chi connectivity index (χ0v) is 23.6.